The molecule has 35 heavy (non-hydrogen) atoms. The number of halogens is 6. The molecule has 10 nitrogen and oxygen atoms in total. The molecule has 0 saturated carbocycles. The summed E-state index contributed by atoms with van der Waals surface area (Å²) < 4.78 is 66.6. The molecule has 0 unspecified atom stereocenters. The smallest absolute Gasteiger partial charge is 0.323 e. The van der Waals surface area contributed by atoms with Gasteiger partial charge in [-0.05, 0) is 34.9 Å². The zero-order chi connectivity index (χ0) is 25.3. The molecule has 0 atom stereocenters. The number of tetrazole rings is 1. The van der Waals surface area contributed by atoms with Crippen molar-refractivity contribution in [1.29, 1.82) is 0 Å². The first-order valence-corrected chi connectivity index (χ1v) is 10.6. The molecule has 0 bridgehead atoms. The van der Waals surface area contributed by atoms with Crippen molar-refractivity contribution in [3.63, 3.8) is 0 Å². The molecule has 1 N–H and O–H groups in total. The van der Waals surface area contributed by atoms with E-state index in [1.807, 2.05) is 0 Å². The van der Waals surface area contributed by atoms with E-state index in [4.69, 9.17) is 11.6 Å². The van der Waals surface area contributed by atoms with E-state index in [1.54, 1.807) is 0 Å². The molecule has 186 valence electrons. The molecule has 0 fully saturated rings. The van der Waals surface area contributed by atoms with Gasteiger partial charge in [-0.2, -0.15) is 23.0 Å². The molecular formula is C19H16ClF5N8O2. The first kappa shape index (κ1) is 24.5. The number of benzene rings is 1. The van der Waals surface area contributed by atoms with Crippen LogP contribution in [0.4, 0.5) is 22.0 Å². The van der Waals surface area contributed by atoms with Crippen LogP contribution in [-0.4, -0.2) is 45.5 Å². The SMILES string of the molecule is O=c1c2[nH]c(Cl)nc2n(CCC(F)(F)F)c(=O)n1CCCn1nnc(Cc2ccc(F)cc2F)n1. The summed E-state index contributed by atoms with van der Waals surface area (Å²) in [5.41, 5.74) is -2.04. The number of aryl methyl sites for hydroxylation is 2. The van der Waals surface area contributed by atoms with Crippen LogP contribution in [0.1, 0.15) is 24.2 Å². The van der Waals surface area contributed by atoms with Gasteiger partial charge in [-0.1, -0.05) is 6.07 Å². The summed E-state index contributed by atoms with van der Waals surface area (Å²) >= 11 is 5.76. The molecule has 3 heterocycles. The summed E-state index contributed by atoms with van der Waals surface area (Å²) in [4.78, 5) is 32.9. The maximum Gasteiger partial charge on any atom is 0.390 e. The number of aromatic amines is 1. The lowest BCUT2D eigenvalue weighted by atomic mass is 10.1. The molecule has 4 aromatic rings. The largest absolute Gasteiger partial charge is 0.390 e. The molecule has 0 aliphatic heterocycles. The Hall–Kier alpha value is -3.62. The molecule has 0 aliphatic carbocycles. The fourth-order valence-electron chi connectivity index (χ4n) is 3.42. The molecule has 0 amide bonds. The zero-order valence-electron chi connectivity index (χ0n) is 17.7. The van der Waals surface area contributed by atoms with Crippen LogP contribution in [0.15, 0.2) is 27.8 Å². The van der Waals surface area contributed by atoms with Crippen LogP contribution < -0.4 is 11.2 Å². The van der Waals surface area contributed by atoms with Gasteiger partial charge in [-0.15, -0.1) is 10.2 Å². The Kier molecular flexibility index (Phi) is 6.69. The lowest BCUT2D eigenvalue weighted by Crippen LogP contribution is -2.41. The number of hydrogen-bond donors (Lipinski definition) is 1. The molecule has 1 aromatic carbocycles. The van der Waals surface area contributed by atoms with Crippen LogP contribution >= 0.6 is 11.6 Å². The second-order valence-corrected chi connectivity index (χ2v) is 7.91. The number of alkyl halides is 3. The molecule has 3 aromatic heterocycles. The summed E-state index contributed by atoms with van der Waals surface area (Å²) in [6, 6.07) is 3.11. The third-order valence-corrected chi connectivity index (χ3v) is 5.23. The molecular weight excluding hydrogens is 503 g/mol. The quantitative estimate of drug-likeness (QED) is 0.283. The topological polar surface area (TPSA) is 116 Å². The van der Waals surface area contributed by atoms with Crippen LogP contribution in [0.25, 0.3) is 11.2 Å². The van der Waals surface area contributed by atoms with Gasteiger partial charge in [0.2, 0.25) is 5.28 Å². The van der Waals surface area contributed by atoms with Gasteiger partial charge >= 0.3 is 11.9 Å². The van der Waals surface area contributed by atoms with Crippen molar-refractivity contribution in [3.8, 4) is 0 Å². The Morgan fingerprint density at radius 3 is 2.54 bits per heavy atom. The first-order chi connectivity index (χ1) is 16.5. The van der Waals surface area contributed by atoms with E-state index in [-0.39, 0.29) is 53.8 Å². The number of hydrogen-bond acceptors (Lipinski definition) is 6. The normalized spacial score (nSPS) is 12.1. The van der Waals surface area contributed by atoms with Crippen LogP contribution in [0, 0.1) is 11.6 Å². The number of nitrogens with one attached hydrogen (secondary N) is 1. The highest BCUT2D eigenvalue weighted by molar-refractivity contribution is 6.28. The van der Waals surface area contributed by atoms with Crippen molar-refractivity contribution in [3.05, 3.63) is 67.3 Å². The maximum atomic E-state index is 13.8. The van der Waals surface area contributed by atoms with Crippen molar-refractivity contribution in [2.24, 2.45) is 0 Å². The molecule has 0 radical (unpaired) electrons. The van der Waals surface area contributed by atoms with Crippen LogP contribution in [0.2, 0.25) is 5.28 Å². The monoisotopic (exact) mass is 518 g/mol. The van der Waals surface area contributed by atoms with E-state index in [1.165, 1.54) is 6.07 Å². The van der Waals surface area contributed by atoms with Gasteiger partial charge in [-0.3, -0.25) is 13.9 Å². The van der Waals surface area contributed by atoms with E-state index in [0.29, 0.717) is 0 Å². The van der Waals surface area contributed by atoms with Crippen LogP contribution in [-0.2, 0) is 26.1 Å². The number of H-pyrrole nitrogens is 1. The van der Waals surface area contributed by atoms with Gasteiger partial charge in [0.25, 0.3) is 5.56 Å². The summed E-state index contributed by atoms with van der Waals surface area (Å²) in [5.74, 6) is -1.31. The van der Waals surface area contributed by atoms with Crippen molar-refractivity contribution in [2.75, 3.05) is 0 Å². The van der Waals surface area contributed by atoms with Gasteiger partial charge in [0.1, 0.15) is 11.6 Å². The van der Waals surface area contributed by atoms with E-state index < -0.39 is 42.0 Å². The van der Waals surface area contributed by atoms with Crippen molar-refractivity contribution < 1.29 is 22.0 Å². The van der Waals surface area contributed by atoms with Crippen molar-refractivity contribution in [1.82, 2.24) is 39.3 Å². The summed E-state index contributed by atoms with van der Waals surface area (Å²) in [6.45, 7) is -0.816. The second-order valence-electron chi connectivity index (χ2n) is 7.55. The van der Waals surface area contributed by atoms with Gasteiger partial charge in [0.15, 0.2) is 17.0 Å². The van der Waals surface area contributed by atoms with Gasteiger partial charge < -0.3 is 4.98 Å². The van der Waals surface area contributed by atoms with E-state index in [9.17, 15) is 31.5 Å². The van der Waals surface area contributed by atoms with Gasteiger partial charge in [0.05, 0.1) is 13.0 Å². The minimum absolute atomic E-state index is 0.0350. The summed E-state index contributed by atoms with van der Waals surface area (Å²) in [7, 11) is 0. The molecule has 16 heteroatoms. The third kappa shape index (κ3) is 5.55. The second kappa shape index (κ2) is 9.56. The average molecular weight is 519 g/mol. The number of nitrogens with zero attached hydrogens (tertiary/aromatic N) is 7. The summed E-state index contributed by atoms with van der Waals surface area (Å²) in [6.07, 6.45) is -5.72. The van der Waals surface area contributed by atoms with Crippen molar-refractivity contribution >= 4 is 22.8 Å². The highest BCUT2D eigenvalue weighted by Gasteiger charge is 2.28. The lowest BCUT2D eigenvalue weighted by Gasteiger charge is -2.12. The Balaban J connectivity index is 1.50. The van der Waals surface area contributed by atoms with Crippen LogP contribution in [0.5, 0.6) is 0 Å². The Morgan fingerprint density at radius 1 is 1.06 bits per heavy atom. The number of imidazole rings is 1. The minimum Gasteiger partial charge on any atom is -0.323 e. The first-order valence-electron chi connectivity index (χ1n) is 10.2. The van der Waals surface area contributed by atoms with Gasteiger partial charge in [-0.25, -0.2) is 13.6 Å². The number of rotatable bonds is 8. The van der Waals surface area contributed by atoms with E-state index in [2.05, 4.69) is 25.4 Å². The standard InChI is InChI=1S/C19H16ClF5N8O2/c20-17-26-14-15(27-17)31(7-4-19(23,24)25)18(35)32(16(14)34)5-1-6-33-29-13(28-30-33)8-10-2-3-11(21)9-12(10)22/h2-3,9H,1,4-8H2,(H,26,27). The lowest BCUT2D eigenvalue weighted by molar-refractivity contribution is -0.136. The number of fused-ring (bicyclic) bond motifs is 1. The Morgan fingerprint density at radius 2 is 1.83 bits per heavy atom. The predicted octanol–water partition coefficient (Wildman–Crippen LogP) is 2.44. The third-order valence-electron chi connectivity index (χ3n) is 5.05. The minimum atomic E-state index is -4.53. The Bertz CT molecular complexity index is 1490. The zero-order valence-corrected chi connectivity index (χ0v) is 18.4. The van der Waals surface area contributed by atoms with Gasteiger partial charge in [0, 0.05) is 25.6 Å². The predicted molar refractivity (Wildman–Crippen MR) is 112 cm³/mol. The highest BCUT2D eigenvalue weighted by atomic mass is 35.5. The van der Waals surface area contributed by atoms with E-state index >= 15 is 0 Å². The average Bonchev–Trinajstić information content (AvgIpc) is 3.38. The molecule has 0 aliphatic rings. The molecule has 0 saturated heterocycles. The summed E-state index contributed by atoms with van der Waals surface area (Å²) in [5, 5.41) is 11.4. The fraction of sp³-hybridized carbons (Fsp3) is 0.368. The number of aromatic nitrogens is 8. The molecule has 4 rings (SSSR count). The molecule has 0 spiro atoms. The van der Waals surface area contributed by atoms with Crippen molar-refractivity contribution in [2.45, 2.75) is 45.1 Å². The van der Waals surface area contributed by atoms with E-state index in [0.717, 1.165) is 26.1 Å². The fourth-order valence-corrected chi connectivity index (χ4v) is 3.60. The maximum absolute atomic E-state index is 13.8. The van der Waals surface area contributed by atoms with Crippen LogP contribution in [0.3, 0.4) is 0 Å². The Labute approximate surface area is 197 Å². The highest BCUT2D eigenvalue weighted by Crippen LogP contribution is 2.21.